The van der Waals surface area contributed by atoms with Crippen LogP contribution in [0.5, 0.6) is 0 Å². The third-order valence-corrected chi connectivity index (χ3v) is 1.80. The van der Waals surface area contributed by atoms with E-state index < -0.39 is 0 Å². The standard InChI is InChI=1S/C9H8O2S/c1-8(10)12-6-2-3-9-4-5-11-7-9/h4-5,7H,6H2,1H3. The Bertz CT molecular complexity index is 303. The van der Waals surface area contributed by atoms with Crippen LogP contribution in [-0.4, -0.2) is 10.9 Å². The lowest BCUT2D eigenvalue weighted by atomic mass is 10.3. The number of carbonyl (C=O) groups is 1. The average molecular weight is 180 g/mol. The number of hydrogen-bond acceptors (Lipinski definition) is 3. The zero-order chi connectivity index (χ0) is 8.81. The van der Waals surface area contributed by atoms with Gasteiger partial charge in [0.15, 0.2) is 5.12 Å². The summed E-state index contributed by atoms with van der Waals surface area (Å²) in [7, 11) is 0. The molecule has 0 aromatic carbocycles. The van der Waals surface area contributed by atoms with Gasteiger partial charge in [-0.25, -0.2) is 0 Å². The molecule has 0 spiro atoms. The van der Waals surface area contributed by atoms with Crippen molar-refractivity contribution in [3.05, 3.63) is 24.2 Å². The molecule has 62 valence electrons. The second kappa shape index (κ2) is 4.68. The van der Waals surface area contributed by atoms with E-state index in [4.69, 9.17) is 4.42 Å². The SMILES string of the molecule is CC(=O)SCC#Cc1ccoc1. The van der Waals surface area contributed by atoms with Gasteiger partial charge in [0.25, 0.3) is 0 Å². The van der Waals surface area contributed by atoms with Crippen LogP contribution >= 0.6 is 11.8 Å². The zero-order valence-electron chi connectivity index (χ0n) is 6.66. The molecule has 0 bridgehead atoms. The lowest BCUT2D eigenvalue weighted by Gasteiger charge is -1.83. The third-order valence-electron chi connectivity index (χ3n) is 1.10. The maximum absolute atomic E-state index is 10.5. The summed E-state index contributed by atoms with van der Waals surface area (Å²) in [5.74, 6) is 6.26. The van der Waals surface area contributed by atoms with Crippen molar-refractivity contribution in [1.82, 2.24) is 0 Å². The van der Waals surface area contributed by atoms with Crippen LogP contribution in [0.25, 0.3) is 0 Å². The van der Waals surface area contributed by atoms with Gasteiger partial charge in [0, 0.05) is 6.92 Å². The molecule has 0 aliphatic heterocycles. The molecule has 3 heteroatoms. The van der Waals surface area contributed by atoms with Crippen molar-refractivity contribution in [2.24, 2.45) is 0 Å². The Morgan fingerprint density at radius 3 is 3.17 bits per heavy atom. The predicted octanol–water partition coefficient (Wildman–Crippen LogP) is 1.91. The third kappa shape index (κ3) is 3.31. The van der Waals surface area contributed by atoms with Crippen LogP contribution in [0.4, 0.5) is 0 Å². The maximum atomic E-state index is 10.5. The van der Waals surface area contributed by atoms with E-state index in [0.29, 0.717) is 5.75 Å². The van der Waals surface area contributed by atoms with E-state index in [1.165, 1.54) is 18.7 Å². The van der Waals surface area contributed by atoms with Crippen LogP contribution in [0.15, 0.2) is 23.0 Å². The van der Waals surface area contributed by atoms with E-state index in [9.17, 15) is 4.79 Å². The molecular formula is C9H8O2S. The smallest absolute Gasteiger partial charge is 0.186 e. The number of hydrogen-bond donors (Lipinski definition) is 0. The van der Waals surface area contributed by atoms with Gasteiger partial charge in [0.1, 0.15) is 6.26 Å². The molecule has 2 nitrogen and oxygen atoms in total. The van der Waals surface area contributed by atoms with Gasteiger partial charge in [-0.15, -0.1) is 0 Å². The molecule has 1 aromatic rings. The minimum absolute atomic E-state index is 0.0940. The normalized spacial score (nSPS) is 8.75. The van der Waals surface area contributed by atoms with E-state index in [1.807, 2.05) is 0 Å². The first-order chi connectivity index (χ1) is 5.79. The number of carbonyl (C=O) groups excluding carboxylic acids is 1. The molecule has 0 N–H and O–H groups in total. The van der Waals surface area contributed by atoms with Crippen LogP contribution in [0, 0.1) is 11.8 Å². The zero-order valence-corrected chi connectivity index (χ0v) is 7.48. The second-order valence-corrected chi connectivity index (χ2v) is 3.25. The second-order valence-electron chi connectivity index (χ2n) is 2.09. The van der Waals surface area contributed by atoms with Gasteiger partial charge >= 0.3 is 0 Å². The Morgan fingerprint density at radius 1 is 1.75 bits per heavy atom. The largest absolute Gasteiger partial charge is 0.471 e. The van der Waals surface area contributed by atoms with Gasteiger partial charge < -0.3 is 4.42 Å². The van der Waals surface area contributed by atoms with E-state index in [1.54, 1.807) is 18.6 Å². The van der Waals surface area contributed by atoms with Gasteiger partial charge in [-0.05, 0) is 6.07 Å². The van der Waals surface area contributed by atoms with E-state index in [2.05, 4.69) is 11.8 Å². The van der Waals surface area contributed by atoms with Crippen LogP contribution in [0.3, 0.4) is 0 Å². The molecule has 1 aromatic heterocycles. The minimum Gasteiger partial charge on any atom is -0.471 e. The summed E-state index contributed by atoms with van der Waals surface area (Å²) in [6.45, 7) is 1.53. The molecule has 0 aliphatic carbocycles. The number of thioether (sulfide) groups is 1. The van der Waals surface area contributed by atoms with Crippen molar-refractivity contribution in [2.45, 2.75) is 6.92 Å². The van der Waals surface area contributed by atoms with E-state index in [-0.39, 0.29) is 5.12 Å². The number of furan rings is 1. The summed E-state index contributed by atoms with van der Waals surface area (Å²) in [6, 6.07) is 1.78. The first kappa shape index (κ1) is 8.95. The van der Waals surface area contributed by atoms with Crippen molar-refractivity contribution in [2.75, 3.05) is 5.75 Å². The molecule has 0 radical (unpaired) electrons. The molecule has 0 unspecified atom stereocenters. The van der Waals surface area contributed by atoms with Gasteiger partial charge in [0.2, 0.25) is 0 Å². The molecule has 0 amide bonds. The highest BCUT2D eigenvalue weighted by Crippen LogP contribution is 2.00. The fourth-order valence-electron chi connectivity index (χ4n) is 0.611. The van der Waals surface area contributed by atoms with E-state index in [0.717, 1.165) is 5.56 Å². The Kier molecular flexibility index (Phi) is 3.49. The lowest BCUT2D eigenvalue weighted by molar-refractivity contribution is -0.109. The highest BCUT2D eigenvalue weighted by atomic mass is 32.2. The summed E-state index contributed by atoms with van der Waals surface area (Å²) >= 11 is 1.21. The van der Waals surface area contributed by atoms with Crippen molar-refractivity contribution in [1.29, 1.82) is 0 Å². The molecule has 1 heterocycles. The summed E-state index contributed by atoms with van der Waals surface area (Å²) in [5.41, 5.74) is 0.846. The van der Waals surface area contributed by atoms with Crippen LogP contribution in [-0.2, 0) is 4.79 Å². The van der Waals surface area contributed by atoms with Crippen LogP contribution in [0.2, 0.25) is 0 Å². The maximum Gasteiger partial charge on any atom is 0.186 e. The lowest BCUT2D eigenvalue weighted by Crippen LogP contribution is -1.81. The quantitative estimate of drug-likeness (QED) is 0.618. The van der Waals surface area contributed by atoms with Crippen molar-refractivity contribution in [3.8, 4) is 11.8 Å². The minimum atomic E-state index is 0.0940. The number of rotatable bonds is 1. The van der Waals surface area contributed by atoms with Gasteiger partial charge in [-0.2, -0.15) is 0 Å². The molecular weight excluding hydrogens is 172 g/mol. The summed E-state index contributed by atoms with van der Waals surface area (Å²) in [5, 5.41) is 0.0940. The summed E-state index contributed by atoms with van der Waals surface area (Å²) in [4.78, 5) is 10.5. The Labute approximate surface area is 75.3 Å². The predicted molar refractivity (Wildman–Crippen MR) is 48.7 cm³/mol. The summed E-state index contributed by atoms with van der Waals surface area (Å²) in [6.07, 6.45) is 3.15. The molecule has 12 heavy (non-hydrogen) atoms. The Hall–Kier alpha value is -1.14. The molecule has 0 aliphatic rings. The van der Waals surface area contributed by atoms with Gasteiger partial charge in [-0.1, -0.05) is 23.6 Å². The van der Waals surface area contributed by atoms with Crippen molar-refractivity contribution < 1.29 is 9.21 Å². The Balaban J connectivity index is 2.35. The fourth-order valence-corrected chi connectivity index (χ4v) is 0.959. The molecule has 1 rings (SSSR count). The average Bonchev–Trinajstić information content (AvgIpc) is 2.49. The van der Waals surface area contributed by atoms with Crippen LogP contribution < -0.4 is 0 Å². The van der Waals surface area contributed by atoms with Gasteiger partial charge in [-0.3, -0.25) is 4.79 Å². The topological polar surface area (TPSA) is 30.2 Å². The molecule has 0 fully saturated rings. The Morgan fingerprint density at radius 2 is 2.58 bits per heavy atom. The molecule has 0 atom stereocenters. The van der Waals surface area contributed by atoms with E-state index >= 15 is 0 Å². The van der Waals surface area contributed by atoms with Crippen LogP contribution in [0.1, 0.15) is 12.5 Å². The summed E-state index contributed by atoms with van der Waals surface area (Å²) < 4.78 is 4.82. The van der Waals surface area contributed by atoms with Crippen molar-refractivity contribution >= 4 is 16.9 Å². The highest BCUT2D eigenvalue weighted by Gasteiger charge is 1.89. The highest BCUT2D eigenvalue weighted by molar-refractivity contribution is 8.13. The first-order valence-electron chi connectivity index (χ1n) is 3.43. The monoisotopic (exact) mass is 180 g/mol. The first-order valence-corrected chi connectivity index (χ1v) is 4.42. The van der Waals surface area contributed by atoms with Crippen molar-refractivity contribution in [3.63, 3.8) is 0 Å². The molecule has 0 saturated carbocycles. The molecule has 0 saturated heterocycles. The fraction of sp³-hybridized carbons (Fsp3) is 0.222. The van der Waals surface area contributed by atoms with Gasteiger partial charge in [0.05, 0.1) is 17.6 Å².